The van der Waals surface area contributed by atoms with E-state index in [-0.39, 0.29) is 5.48 Å². The molecular formula is C12H18O4S. The molecule has 0 spiro atoms. The Bertz CT molecular complexity index is 357. The molecule has 5 heteroatoms. The fourth-order valence-corrected chi connectivity index (χ4v) is 2.40. The van der Waals surface area contributed by atoms with Crippen molar-refractivity contribution in [1.82, 2.24) is 0 Å². The highest BCUT2D eigenvalue weighted by Crippen LogP contribution is 2.15. The van der Waals surface area contributed by atoms with Gasteiger partial charge < -0.3 is 10.2 Å². The Balaban J connectivity index is 0.00000144. The van der Waals surface area contributed by atoms with Crippen LogP contribution in [0.15, 0.2) is 29.2 Å². The molecule has 0 aliphatic carbocycles. The normalized spacial score (nSPS) is 20.9. The van der Waals surface area contributed by atoms with Gasteiger partial charge in [0.2, 0.25) is 0 Å². The summed E-state index contributed by atoms with van der Waals surface area (Å²) in [5.74, 6) is 0.398. The van der Waals surface area contributed by atoms with Crippen molar-refractivity contribution >= 4 is 11.1 Å². The zero-order chi connectivity index (χ0) is 11.4. The van der Waals surface area contributed by atoms with Crippen LogP contribution in [0, 0.1) is 12.8 Å². The maximum absolute atomic E-state index is 11.8. The van der Waals surface area contributed by atoms with Crippen molar-refractivity contribution in [1.29, 1.82) is 0 Å². The van der Waals surface area contributed by atoms with Crippen molar-refractivity contribution in [2.45, 2.75) is 18.2 Å². The topological polar surface area (TPSA) is 67.0 Å². The molecule has 1 fully saturated rings. The molecule has 0 radical (unpaired) electrons. The molecule has 1 unspecified atom stereocenters. The summed E-state index contributed by atoms with van der Waals surface area (Å²) in [6.45, 7) is 4.04. The summed E-state index contributed by atoms with van der Waals surface area (Å²) >= 11 is -1.34. The number of ether oxygens (including phenoxy) is 1. The van der Waals surface area contributed by atoms with E-state index in [2.05, 4.69) is 0 Å². The van der Waals surface area contributed by atoms with Crippen LogP contribution >= 0.6 is 0 Å². The molecule has 1 saturated heterocycles. The van der Waals surface area contributed by atoms with Crippen LogP contribution < -0.4 is 0 Å². The molecule has 1 aromatic carbocycles. The highest BCUT2D eigenvalue weighted by atomic mass is 32.2. The van der Waals surface area contributed by atoms with Crippen molar-refractivity contribution in [2.75, 3.05) is 19.8 Å². The summed E-state index contributed by atoms with van der Waals surface area (Å²) in [4.78, 5) is 0.726. The molecule has 0 amide bonds. The van der Waals surface area contributed by atoms with Gasteiger partial charge in [0.1, 0.15) is 0 Å². The lowest BCUT2D eigenvalue weighted by Crippen LogP contribution is -2.10. The van der Waals surface area contributed by atoms with Gasteiger partial charge in [0, 0.05) is 12.5 Å². The van der Waals surface area contributed by atoms with Gasteiger partial charge in [-0.2, -0.15) is 0 Å². The van der Waals surface area contributed by atoms with E-state index in [0.717, 1.165) is 30.1 Å². The van der Waals surface area contributed by atoms with E-state index >= 15 is 0 Å². The maximum atomic E-state index is 11.8. The molecule has 96 valence electrons. The third-order valence-corrected chi connectivity index (χ3v) is 3.66. The zero-order valence-electron chi connectivity index (χ0n) is 9.85. The molecule has 2 rings (SSSR count). The SMILES string of the molecule is Cc1ccc(S(=O)OC[C@@H]2CCOC2)cc1.O. The fourth-order valence-electron chi connectivity index (χ4n) is 1.59. The quantitative estimate of drug-likeness (QED) is 0.816. The second kappa shape index (κ2) is 6.86. The van der Waals surface area contributed by atoms with Gasteiger partial charge in [0.05, 0.1) is 18.1 Å². The number of aryl methyl sites for hydroxylation is 1. The predicted octanol–water partition coefficient (Wildman–Crippen LogP) is 1.25. The van der Waals surface area contributed by atoms with E-state index < -0.39 is 11.1 Å². The summed E-state index contributed by atoms with van der Waals surface area (Å²) in [6, 6.07) is 7.57. The van der Waals surface area contributed by atoms with Crippen LogP contribution in [0.4, 0.5) is 0 Å². The Morgan fingerprint density at radius 3 is 2.71 bits per heavy atom. The van der Waals surface area contributed by atoms with Crippen molar-refractivity contribution in [2.24, 2.45) is 5.92 Å². The van der Waals surface area contributed by atoms with Crippen LogP contribution in [0.2, 0.25) is 0 Å². The largest absolute Gasteiger partial charge is 0.412 e. The molecular weight excluding hydrogens is 240 g/mol. The molecule has 1 aromatic rings. The Hall–Kier alpha value is -0.750. The van der Waals surface area contributed by atoms with Gasteiger partial charge in [-0.25, -0.2) is 4.21 Å². The van der Waals surface area contributed by atoms with Crippen LogP contribution in [-0.4, -0.2) is 29.5 Å². The van der Waals surface area contributed by atoms with Crippen molar-refractivity contribution in [3.05, 3.63) is 29.8 Å². The molecule has 0 saturated carbocycles. The number of rotatable bonds is 4. The number of hydrogen-bond acceptors (Lipinski definition) is 3. The van der Waals surface area contributed by atoms with Gasteiger partial charge in [-0.15, -0.1) is 0 Å². The van der Waals surface area contributed by atoms with Gasteiger partial charge in [-0.3, -0.25) is 4.18 Å². The molecule has 1 aliphatic rings. The predicted molar refractivity (Wildman–Crippen MR) is 66.1 cm³/mol. The highest BCUT2D eigenvalue weighted by molar-refractivity contribution is 7.80. The van der Waals surface area contributed by atoms with Gasteiger partial charge in [0.15, 0.2) is 11.1 Å². The second-order valence-corrected chi connectivity index (χ2v) is 5.24. The fraction of sp³-hybridized carbons (Fsp3) is 0.500. The summed E-state index contributed by atoms with van der Waals surface area (Å²) in [5.41, 5.74) is 1.16. The molecule has 1 aliphatic heterocycles. The van der Waals surface area contributed by atoms with Crippen molar-refractivity contribution in [3.8, 4) is 0 Å². The minimum atomic E-state index is -1.34. The van der Waals surface area contributed by atoms with Gasteiger partial charge >= 0.3 is 0 Å². The summed E-state index contributed by atoms with van der Waals surface area (Å²) in [6.07, 6.45) is 1.01. The molecule has 2 N–H and O–H groups in total. The Morgan fingerprint density at radius 1 is 1.41 bits per heavy atom. The second-order valence-electron chi connectivity index (χ2n) is 4.06. The smallest absolute Gasteiger partial charge is 0.189 e. The van der Waals surface area contributed by atoms with E-state index in [4.69, 9.17) is 8.92 Å². The number of benzene rings is 1. The monoisotopic (exact) mass is 258 g/mol. The standard InChI is InChI=1S/C12H16O3S.H2O/c1-10-2-4-12(5-3-10)16(13)15-9-11-6-7-14-8-11;/h2-5,11H,6-9H2,1H3;1H2/t11-,16?;/m1./s1. The molecule has 17 heavy (non-hydrogen) atoms. The Kier molecular flexibility index (Phi) is 5.77. The Labute approximate surface area is 104 Å². The zero-order valence-corrected chi connectivity index (χ0v) is 10.7. The van der Waals surface area contributed by atoms with Gasteiger partial charge in [-0.1, -0.05) is 17.7 Å². The average molecular weight is 258 g/mol. The number of hydrogen-bond donors (Lipinski definition) is 0. The van der Waals surface area contributed by atoms with E-state index in [9.17, 15) is 4.21 Å². The first kappa shape index (κ1) is 14.3. The van der Waals surface area contributed by atoms with E-state index in [1.807, 2.05) is 31.2 Å². The van der Waals surface area contributed by atoms with Gasteiger partial charge in [0.25, 0.3) is 0 Å². The summed E-state index contributed by atoms with van der Waals surface area (Å²) in [5, 5.41) is 0. The lowest BCUT2D eigenvalue weighted by Gasteiger charge is -2.07. The average Bonchev–Trinajstić information content (AvgIpc) is 2.80. The molecule has 2 atom stereocenters. The molecule has 1 heterocycles. The van der Waals surface area contributed by atoms with E-state index in [0.29, 0.717) is 12.5 Å². The highest BCUT2D eigenvalue weighted by Gasteiger charge is 2.17. The lowest BCUT2D eigenvalue weighted by molar-refractivity contribution is 0.171. The first-order chi connectivity index (χ1) is 7.75. The first-order valence-corrected chi connectivity index (χ1v) is 6.52. The van der Waals surface area contributed by atoms with Crippen LogP contribution in [0.5, 0.6) is 0 Å². The maximum Gasteiger partial charge on any atom is 0.189 e. The summed E-state index contributed by atoms with van der Waals surface area (Å²) in [7, 11) is 0. The van der Waals surface area contributed by atoms with E-state index in [1.165, 1.54) is 0 Å². The minimum Gasteiger partial charge on any atom is -0.412 e. The van der Waals surface area contributed by atoms with Gasteiger partial charge in [-0.05, 0) is 25.5 Å². The van der Waals surface area contributed by atoms with Crippen LogP contribution in [0.3, 0.4) is 0 Å². The molecule has 0 bridgehead atoms. The van der Waals surface area contributed by atoms with E-state index in [1.54, 1.807) is 0 Å². The third kappa shape index (κ3) is 4.20. The van der Waals surface area contributed by atoms with Crippen molar-refractivity contribution in [3.63, 3.8) is 0 Å². The lowest BCUT2D eigenvalue weighted by atomic mass is 10.1. The van der Waals surface area contributed by atoms with Crippen LogP contribution in [0.1, 0.15) is 12.0 Å². The first-order valence-electron chi connectivity index (χ1n) is 5.45. The minimum absolute atomic E-state index is 0. The van der Waals surface area contributed by atoms with Crippen LogP contribution in [-0.2, 0) is 20.0 Å². The molecule has 4 nitrogen and oxygen atoms in total. The summed E-state index contributed by atoms with van der Waals surface area (Å²) < 4.78 is 22.3. The van der Waals surface area contributed by atoms with Crippen molar-refractivity contribution < 1.29 is 18.6 Å². The third-order valence-electron chi connectivity index (χ3n) is 2.65. The Morgan fingerprint density at radius 2 is 2.12 bits per heavy atom. The molecule has 0 aromatic heterocycles. The van der Waals surface area contributed by atoms with Crippen LogP contribution in [0.25, 0.3) is 0 Å².